The summed E-state index contributed by atoms with van der Waals surface area (Å²) in [6, 6.07) is 7.23. The first-order valence-electron chi connectivity index (χ1n) is 7.00. The van der Waals surface area contributed by atoms with Crippen molar-refractivity contribution in [2.24, 2.45) is 0 Å². The van der Waals surface area contributed by atoms with Gasteiger partial charge in [0.05, 0.1) is 20.1 Å². The van der Waals surface area contributed by atoms with E-state index in [0.29, 0.717) is 31.7 Å². The molecule has 1 aromatic rings. The fourth-order valence-electron chi connectivity index (χ4n) is 2.09. The van der Waals surface area contributed by atoms with E-state index in [1.807, 2.05) is 0 Å². The van der Waals surface area contributed by atoms with Gasteiger partial charge in [-0.05, 0) is 30.7 Å². The van der Waals surface area contributed by atoms with Crippen molar-refractivity contribution in [1.82, 2.24) is 10.6 Å². The van der Waals surface area contributed by atoms with Crippen LogP contribution in [0.15, 0.2) is 24.3 Å². The lowest BCUT2D eigenvalue weighted by Gasteiger charge is -2.23. The molecule has 6 nitrogen and oxygen atoms in total. The molecule has 1 fully saturated rings. The molecule has 2 N–H and O–H groups in total. The van der Waals surface area contributed by atoms with Crippen LogP contribution in [0.1, 0.15) is 19.3 Å². The summed E-state index contributed by atoms with van der Waals surface area (Å²) in [4.78, 5) is 22.8. The molecule has 0 bridgehead atoms. The van der Waals surface area contributed by atoms with E-state index in [2.05, 4.69) is 10.6 Å². The van der Waals surface area contributed by atoms with Gasteiger partial charge in [-0.3, -0.25) is 9.59 Å². The van der Waals surface area contributed by atoms with E-state index in [0.717, 1.165) is 5.75 Å². The molecule has 1 heterocycles. The second kappa shape index (κ2) is 7.52. The summed E-state index contributed by atoms with van der Waals surface area (Å²) in [5, 5.41) is 5.62. The third-order valence-corrected chi connectivity index (χ3v) is 3.29. The van der Waals surface area contributed by atoms with Crippen molar-refractivity contribution in [2.75, 3.05) is 20.3 Å². The maximum atomic E-state index is 11.8. The second-order valence-electron chi connectivity index (χ2n) is 4.88. The molecule has 0 aromatic heterocycles. The first-order chi connectivity index (χ1) is 10.2. The molecule has 0 aliphatic carbocycles. The van der Waals surface area contributed by atoms with E-state index in [9.17, 15) is 9.59 Å². The molecule has 2 amide bonds. The molecule has 0 radical (unpaired) electrons. The van der Waals surface area contributed by atoms with E-state index in [4.69, 9.17) is 9.47 Å². The average Bonchev–Trinajstić information content (AvgIpc) is 2.50. The zero-order chi connectivity index (χ0) is 15.1. The fourth-order valence-corrected chi connectivity index (χ4v) is 2.09. The Morgan fingerprint density at radius 1 is 1.33 bits per heavy atom. The smallest absolute Gasteiger partial charge is 0.223 e. The molecule has 1 aromatic carbocycles. The van der Waals surface area contributed by atoms with Crippen molar-refractivity contribution in [2.45, 2.75) is 25.3 Å². The normalized spacial score (nSPS) is 17.8. The van der Waals surface area contributed by atoms with E-state index in [1.165, 1.54) is 0 Å². The molecule has 2 rings (SSSR count). The third kappa shape index (κ3) is 4.98. The summed E-state index contributed by atoms with van der Waals surface area (Å²) in [6.07, 6.45) is 1.45. The molecule has 1 unspecified atom stereocenters. The van der Waals surface area contributed by atoms with Crippen LogP contribution < -0.4 is 20.1 Å². The zero-order valence-corrected chi connectivity index (χ0v) is 12.1. The monoisotopic (exact) mass is 292 g/mol. The number of hydrogen-bond donors (Lipinski definition) is 2. The predicted molar refractivity (Wildman–Crippen MR) is 77.3 cm³/mol. The van der Waals surface area contributed by atoms with Crippen LogP contribution in [0.5, 0.6) is 11.5 Å². The van der Waals surface area contributed by atoms with Gasteiger partial charge < -0.3 is 20.1 Å². The maximum Gasteiger partial charge on any atom is 0.223 e. The van der Waals surface area contributed by atoms with E-state index in [-0.39, 0.29) is 24.3 Å². The number of rotatable bonds is 6. The molecule has 0 saturated carbocycles. The molecule has 6 heteroatoms. The number of carbonyl (C=O) groups is 2. The Hall–Kier alpha value is -2.24. The van der Waals surface area contributed by atoms with Crippen LogP contribution in [0.25, 0.3) is 0 Å². The van der Waals surface area contributed by atoms with Crippen molar-refractivity contribution < 1.29 is 19.1 Å². The number of piperidine rings is 1. The van der Waals surface area contributed by atoms with Gasteiger partial charge in [0.15, 0.2) is 0 Å². The van der Waals surface area contributed by atoms with Gasteiger partial charge in [-0.25, -0.2) is 0 Å². The first kappa shape index (κ1) is 15.2. The summed E-state index contributed by atoms with van der Waals surface area (Å²) in [7, 11) is 1.61. The van der Waals surface area contributed by atoms with Gasteiger partial charge in [0, 0.05) is 19.0 Å². The molecule has 114 valence electrons. The van der Waals surface area contributed by atoms with Gasteiger partial charge >= 0.3 is 0 Å². The lowest BCUT2D eigenvalue weighted by atomic mass is 10.1. The van der Waals surface area contributed by atoms with Crippen LogP contribution in [0.4, 0.5) is 0 Å². The Morgan fingerprint density at radius 2 is 2.05 bits per heavy atom. The molecule has 1 saturated heterocycles. The lowest BCUT2D eigenvalue weighted by Crippen LogP contribution is -2.47. The van der Waals surface area contributed by atoms with Gasteiger partial charge in [0.25, 0.3) is 0 Å². The van der Waals surface area contributed by atoms with Gasteiger partial charge in [0.2, 0.25) is 11.8 Å². The summed E-state index contributed by atoms with van der Waals surface area (Å²) in [5.41, 5.74) is 0. The molecular formula is C15H20N2O4. The van der Waals surface area contributed by atoms with Gasteiger partial charge in [-0.15, -0.1) is 0 Å². The highest BCUT2D eigenvalue weighted by atomic mass is 16.5. The minimum absolute atomic E-state index is 0.0242. The Bertz CT molecular complexity index is 477. The molecule has 1 atom stereocenters. The van der Waals surface area contributed by atoms with Crippen LogP contribution in [0.3, 0.4) is 0 Å². The van der Waals surface area contributed by atoms with E-state index < -0.39 is 0 Å². The minimum Gasteiger partial charge on any atom is -0.497 e. The summed E-state index contributed by atoms with van der Waals surface area (Å²) < 4.78 is 10.6. The van der Waals surface area contributed by atoms with Crippen molar-refractivity contribution in [1.29, 1.82) is 0 Å². The Labute approximate surface area is 123 Å². The number of amides is 2. The largest absolute Gasteiger partial charge is 0.497 e. The van der Waals surface area contributed by atoms with Gasteiger partial charge in [-0.1, -0.05) is 0 Å². The Kier molecular flexibility index (Phi) is 5.43. The molecular weight excluding hydrogens is 272 g/mol. The number of hydrogen-bond acceptors (Lipinski definition) is 4. The van der Waals surface area contributed by atoms with Crippen LogP contribution >= 0.6 is 0 Å². The number of carbonyl (C=O) groups excluding carboxylic acids is 2. The average molecular weight is 292 g/mol. The molecule has 1 aliphatic heterocycles. The zero-order valence-electron chi connectivity index (χ0n) is 12.1. The standard InChI is InChI=1S/C15H20N2O4/c1-20-12-3-5-13(6-4-12)21-9-8-15(19)17-11-2-7-14(18)16-10-11/h3-6,11H,2,7-10H2,1H3,(H,16,18)(H,17,19). The van der Waals surface area contributed by atoms with Crippen LogP contribution in [0, 0.1) is 0 Å². The first-order valence-corrected chi connectivity index (χ1v) is 7.00. The number of ether oxygens (including phenoxy) is 2. The highest BCUT2D eigenvalue weighted by Crippen LogP contribution is 2.17. The Morgan fingerprint density at radius 3 is 2.67 bits per heavy atom. The summed E-state index contributed by atoms with van der Waals surface area (Å²) in [5.74, 6) is 1.45. The number of benzene rings is 1. The van der Waals surface area contributed by atoms with Gasteiger partial charge in [-0.2, -0.15) is 0 Å². The SMILES string of the molecule is COc1ccc(OCCC(=O)NC2CCC(=O)NC2)cc1. The highest BCUT2D eigenvalue weighted by molar-refractivity contribution is 5.79. The maximum absolute atomic E-state index is 11.8. The number of methoxy groups -OCH3 is 1. The van der Waals surface area contributed by atoms with Crippen LogP contribution in [-0.2, 0) is 9.59 Å². The topological polar surface area (TPSA) is 76.7 Å². The van der Waals surface area contributed by atoms with Crippen LogP contribution in [-0.4, -0.2) is 38.1 Å². The van der Waals surface area contributed by atoms with Crippen molar-refractivity contribution in [3.63, 3.8) is 0 Å². The lowest BCUT2D eigenvalue weighted by molar-refractivity contribution is -0.125. The number of nitrogens with one attached hydrogen (secondary N) is 2. The predicted octanol–water partition coefficient (Wildman–Crippen LogP) is 0.859. The third-order valence-electron chi connectivity index (χ3n) is 3.29. The minimum atomic E-state index is -0.0651. The molecule has 0 spiro atoms. The van der Waals surface area contributed by atoms with E-state index in [1.54, 1.807) is 31.4 Å². The van der Waals surface area contributed by atoms with Crippen molar-refractivity contribution in [3.8, 4) is 11.5 Å². The Balaban J connectivity index is 1.65. The van der Waals surface area contributed by atoms with Gasteiger partial charge in [0.1, 0.15) is 11.5 Å². The van der Waals surface area contributed by atoms with Crippen molar-refractivity contribution in [3.05, 3.63) is 24.3 Å². The second-order valence-corrected chi connectivity index (χ2v) is 4.88. The molecule has 1 aliphatic rings. The summed E-state index contributed by atoms with van der Waals surface area (Å²) in [6.45, 7) is 0.821. The highest BCUT2D eigenvalue weighted by Gasteiger charge is 2.19. The van der Waals surface area contributed by atoms with Crippen molar-refractivity contribution >= 4 is 11.8 Å². The van der Waals surface area contributed by atoms with Crippen LogP contribution in [0.2, 0.25) is 0 Å². The van der Waals surface area contributed by atoms with E-state index >= 15 is 0 Å². The molecule has 21 heavy (non-hydrogen) atoms. The fraction of sp³-hybridized carbons (Fsp3) is 0.467. The summed E-state index contributed by atoms with van der Waals surface area (Å²) >= 11 is 0. The quantitative estimate of drug-likeness (QED) is 0.815.